The highest BCUT2D eigenvalue weighted by atomic mass is 28.4. The first-order valence-electron chi connectivity index (χ1n) is 9.03. The number of rotatable bonds is 16. The highest BCUT2D eigenvalue weighted by Gasteiger charge is 2.33. The predicted molar refractivity (Wildman–Crippen MR) is 97.8 cm³/mol. The number of carbonyl (C=O) groups is 1. The van der Waals surface area contributed by atoms with Gasteiger partial charge in [0.1, 0.15) is 0 Å². The second-order valence-corrected chi connectivity index (χ2v) is 9.66. The molecule has 0 aromatic carbocycles. The molecule has 4 nitrogen and oxygen atoms in total. The van der Waals surface area contributed by atoms with E-state index in [1.807, 2.05) is 0 Å². The number of hydrogen-bond donors (Lipinski definition) is 0. The summed E-state index contributed by atoms with van der Waals surface area (Å²) in [6.07, 6.45) is 12.0. The van der Waals surface area contributed by atoms with E-state index < -0.39 is 8.56 Å². The first kappa shape index (κ1) is 22.3. The number of hydrogen-bond acceptors (Lipinski definition) is 4. The average Bonchev–Trinajstić information content (AvgIpc) is 2.58. The zero-order valence-corrected chi connectivity index (χ0v) is 16.4. The van der Waals surface area contributed by atoms with Gasteiger partial charge in [0.05, 0.1) is 6.61 Å². The molecule has 0 aliphatic rings. The summed E-state index contributed by atoms with van der Waals surface area (Å²) in [6, 6.07) is 2.21. The topological polar surface area (TPSA) is 44.8 Å². The minimum absolute atomic E-state index is 0.320. The Balaban J connectivity index is 3.45. The van der Waals surface area contributed by atoms with Gasteiger partial charge in [0.2, 0.25) is 0 Å². The van der Waals surface area contributed by atoms with E-state index in [9.17, 15) is 4.79 Å². The van der Waals surface area contributed by atoms with Gasteiger partial charge in [-0.15, -0.1) is 0 Å². The summed E-state index contributed by atoms with van der Waals surface area (Å²) in [5.74, 6) is -0.320. The molecule has 0 saturated heterocycles. The molecule has 0 spiro atoms. The highest BCUT2D eigenvalue weighted by molar-refractivity contribution is 6.67. The lowest BCUT2D eigenvalue weighted by atomic mass is 10.1. The maximum atomic E-state index is 10.8. The Morgan fingerprint density at radius 3 is 1.91 bits per heavy atom. The molecular weight excluding hydrogens is 308 g/mol. The van der Waals surface area contributed by atoms with Gasteiger partial charge in [0.15, 0.2) is 0 Å². The van der Waals surface area contributed by atoms with Crippen molar-refractivity contribution < 1.29 is 18.4 Å². The van der Waals surface area contributed by atoms with E-state index in [2.05, 4.69) is 13.5 Å². The van der Waals surface area contributed by atoms with E-state index in [4.69, 9.17) is 13.6 Å². The normalized spacial score (nSPS) is 11.4. The van der Waals surface area contributed by atoms with Crippen LogP contribution in [0.5, 0.6) is 0 Å². The van der Waals surface area contributed by atoms with Crippen LogP contribution < -0.4 is 0 Å². The first-order chi connectivity index (χ1) is 11.1. The van der Waals surface area contributed by atoms with E-state index >= 15 is 0 Å². The maximum Gasteiger partial charge on any atom is 0.337 e. The van der Waals surface area contributed by atoms with Crippen LogP contribution in [0.25, 0.3) is 0 Å². The van der Waals surface area contributed by atoms with Gasteiger partial charge in [-0.25, -0.2) is 4.79 Å². The molecule has 0 amide bonds. The lowest BCUT2D eigenvalue weighted by Gasteiger charge is -2.27. The Labute approximate surface area is 143 Å². The van der Waals surface area contributed by atoms with Gasteiger partial charge >= 0.3 is 14.5 Å². The standard InChI is InChI=1S/C18H36O4Si/c1-5-16-23(20-3,21-4)17-14-12-10-8-7-9-11-13-15-22-18(19)6-2/h6H,2,5,7-17H2,1,3-4H3. The largest absolute Gasteiger partial charge is 0.463 e. The van der Waals surface area contributed by atoms with Crippen LogP contribution in [0.1, 0.15) is 64.7 Å². The maximum absolute atomic E-state index is 10.8. The Hall–Kier alpha value is -0.653. The van der Waals surface area contributed by atoms with E-state index in [-0.39, 0.29) is 5.97 Å². The van der Waals surface area contributed by atoms with Gasteiger partial charge in [0.25, 0.3) is 0 Å². The van der Waals surface area contributed by atoms with Crippen molar-refractivity contribution in [2.75, 3.05) is 20.8 Å². The fraction of sp³-hybridized carbons (Fsp3) is 0.833. The molecule has 0 saturated carbocycles. The van der Waals surface area contributed by atoms with Crippen molar-refractivity contribution in [1.82, 2.24) is 0 Å². The lowest BCUT2D eigenvalue weighted by molar-refractivity contribution is -0.137. The monoisotopic (exact) mass is 344 g/mol. The predicted octanol–water partition coefficient (Wildman–Crippen LogP) is 4.98. The van der Waals surface area contributed by atoms with Crippen LogP contribution in [0.15, 0.2) is 12.7 Å². The molecule has 0 aromatic rings. The van der Waals surface area contributed by atoms with Crippen molar-refractivity contribution in [2.45, 2.75) is 76.8 Å². The molecule has 0 bridgehead atoms. The van der Waals surface area contributed by atoms with Gasteiger partial charge in [-0.3, -0.25) is 0 Å². The van der Waals surface area contributed by atoms with E-state index in [0.29, 0.717) is 6.61 Å². The fourth-order valence-corrected chi connectivity index (χ4v) is 5.57. The zero-order chi connectivity index (χ0) is 17.4. The van der Waals surface area contributed by atoms with Crippen LogP contribution in [0, 0.1) is 0 Å². The molecule has 0 aliphatic carbocycles. The third-order valence-electron chi connectivity index (χ3n) is 4.24. The van der Waals surface area contributed by atoms with Crippen molar-refractivity contribution in [3.8, 4) is 0 Å². The van der Waals surface area contributed by atoms with Crippen LogP contribution in [0.4, 0.5) is 0 Å². The van der Waals surface area contributed by atoms with Crippen LogP contribution in [-0.4, -0.2) is 35.4 Å². The molecule has 5 heteroatoms. The minimum Gasteiger partial charge on any atom is -0.463 e. The summed E-state index contributed by atoms with van der Waals surface area (Å²) < 4.78 is 16.4. The number of unbranched alkanes of at least 4 members (excludes halogenated alkanes) is 7. The van der Waals surface area contributed by atoms with Gasteiger partial charge in [0, 0.05) is 20.3 Å². The van der Waals surface area contributed by atoms with Gasteiger partial charge in [-0.05, 0) is 18.5 Å². The van der Waals surface area contributed by atoms with Crippen LogP contribution in [0.3, 0.4) is 0 Å². The van der Waals surface area contributed by atoms with Crippen molar-refractivity contribution in [3.05, 3.63) is 12.7 Å². The lowest BCUT2D eigenvalue weighted by Crippen LogP contribution is -2.39. The molecule has 23 heavy (non-hydrogen) atoms. The average molecular weight is 345 g/mol. The van der Waals surface area contributed by atoms with Gasteiger partial charge < -0.3 is 13.6 Å². The highest BCUT2D eigenvalue weighted by Crippen LogP contribution is 2.23. The van der Waals surface area contributed by atoms with E-state index in [0.717, 1.165) is 31.4 Å². The third kappa shape index (κ3) is 11.5. The summed E-state index contributed by atoms with van der Waals surface area (Å²) >= 11 is 0. The Morgan fingerprint density at radius 2 is 1.43 bits per heavy atom. The van der Waals surface area contributed by atoms with Gasteiger partial charge in [-0.1, -0.05) is 64.9 Å². The van der Waals surface area contributed by atoms with Crippen LogP contribution in [-0.2, 0) is 18.4 Å². The number of esters is 1. The van der Waals surface area contributed by atoms with Crippen molar-refractivity contribution in [1.29, 1.82) is 0 Å². The Kier molecular flexibility index (Phi) is 14.5. The second-order valence-electron chi connectivity index (χ2n) is 6.02. The molecule has 0 radical (unpaired) electrons. The Morgan fingerprint density at radius 1 is 0.913 bits per heavy atom. The molecule has 0 heterocycles. The fourth-order valence-electron chi connectivity index (χ4n) is 2.79. The minimum atomic E-state index is -1.89. The van der Waals surface area contributed by atoms with E-state index in [1.165, 1.54) is 44.6 Å². The third-order valence-corrected chi connectivity index (χ3v) is 8.10. The molecule has 0 N–H and O–H groups in total. The molecule has 136 valence electrons. The quantitative estimate of drug-likeness (QED) is 0.171. The van der Waals surface area contributed by atoms with Crippen molar-refractivity contribution in [2.24, 2.45) is 0 Å². The smallest absolute Gasteiger partial charge is 0.337 e. The molecule has 0 fully saturated rings. The summed E-state index contributed by atoms with van der Waals surface area (Å²) in [6.45, 7) is 6.08. The molecule has 0 unspecified atom stereocenters. The molecule has 0 atom stereocenters. The summed E-state index contributed by atoms with van der Waals surface area (Å²) in [5.41, 5.74) is 0. The summed E-state index contributed by atoms with van der Waals surface area (Å²) in [5, 5.41) is 0. The summed E-state index contributed by atoms with van der Waals surface area (Å²) in [7, 11) is 1.71. The SMILES string of the molecule is C=CC(=O)OCCCCCCCCCC[Si](CCC)(OC)OC. The zero-order valence-electron chi connectivity index (χ0n) is 15.4. The molecule has 0 rings (SSSR count). The second kappa shape index (κ2) is 14.9. The molecule has 0 aliphatic heterocycles. The number of ether oxygens (including phenoxy) is 1. The van der Waals surface area contributed by atoms with Crippen molar-refractivity contribution in [3.63, 3.8) is 0 Å². The van der Waals surface area contributed by atoms with Crippen molar-refractivity contribution >= 4 is 14.5 Å². The first-order valence-corrected chi connectivity index (χ1v) is 11.3. The van der Waals surface area contributed by atoms with Crippen LogP contribution >= 0.6 is 0 Å². The summed E-state index contributed by atoms with van der Waals surface area (Å²) in [4.78, 5) is 10.8. The molecule has 0 aromatic heterocycles. The van der Waals surface area contributed by atoms with E-state index in [1.54, 1.807) is 14.2 Å². The van der Waals surface area contributed by atoms with Crippen LogP contribution in [0.2, 0.25) is 12.1 Å². The Bertz CT molecular complexity index is 303. The molecular formula is C18H36O4Si. The number of carbonyl (C=O) groups excluding carboxylic acids is 1. The van der Waals surface area contributed by atoms with Gasteiger partial charge in [-0.2, -0.15) is 0 Å².